The van der Waals surface area contributed by atoms with Crippen LogP contribution in [0.4, 0.5) is 0 Å². The summed E-state index contributed by atoms with van der Waals surface area (Å²) in [5, 5.41) is 5.18. The van der Waals surface area contributed by atoms with Gasteiger partial charge in [0.05, 0.1) is 3.79 Å². The Kier molecular flexibility index (Phi) is 2.07. The van der Waals surface area contributed by atoms with Crippen molar-refractivity contribution in [1.29, 1.82) is 0 Å². The maximum absolute atomic E-state index is 4.20. The lowest BCUT2D eigenvalue weighted by Gasteiger charge is -1.84. The van der Waals surface area contributed by atoms with E-state index in [1.165, 1.54) is 5.56 Å². The molecule has 2 rings (SSSR count). The lowest BCUT2D eigenvalue weighted by Crippen LogP contribution is -1.65. The Balaban J connectivity index is 2.45. The highest BCUT2D eigenvalue weighted by Gasteiger charge is 2.01. The zero-order valence-corrected chi connectivity index (χ0v) is 8.67. The zero-order chi connectivity index (χ0) is 7.68. The number of hydrogen-bond donors (Lipinski definition) is 0. The fraction of sp³-hybridized carbons (Fsp3) is 0. The van der Waals surface area contributed by atoms with Crippen LogP contribution < -0.4 is 0 Å². The van der Waals surface area contributed by atoms with Crippen molar-refractivity contribution in [2.75, 3.05) is 0 Å². The first-order valence-corrected chi connectivity index (χ1v) is 5.55. The summed E-state index contributed by atoms with van der Waals surface area (Å²) in [5.41, 5.74) is 1.21. The van der Waals surface area contributed by atoms with Crippen LogP contribution in [0.5, 0.6) is 0 Å². The van der Waals surface area contributed by atoms with Gasteiger partial charge in [0.2, 0.25) is 0 Å². The summed E-state index contributed by atoms with van der Waals surface area (Å²) in [4.78, 5) is 4.20. The highest BCUT2D eigenvalue weighted by molar-refractivity contribution is 9.11. The third-order valence-electron chi connectivity index (χ3n) is 1.25. The molecule has 0 aliphatic heterocycles. The Morgan fingerprint density at radius 2 is 2.27 bits per heavy atom. The maximum Gasteiger partial charge on any atom is 0.124 e. The molecule has 0 saturated carbocycles. The van der Waals surface area contributed by atoms with Crippen LogP contribution in [0.15, 0.2) is 26.8 Å². The molecule has 4 heteroatoms. The van der Waals surface area contributed by atoms with Gasteiger partial charge in [0.25, 0.3) is 0 Å². The number of rotatable bonds is 1. The number of thiazole rings is 1. The molecular weight excluding hydrogens is 242 g/mol. The minimum absolute atomic E-state index is 1.09. The highest BCUT2D eigenvalue weighted by atomic mass is 79.9. The molecule has 0 atom stereocenters. The molecule has 2 heterocycles. The average Bonchev–Trinajstić information content (AvgIpc) is 2.55. The fourth-order valence-electron chi connectivity index (χ4n) is 0.788. The van der Waals surface area contributed by atoms with Crippen LogP contribution in [0.2, 0.25) is 0 Å². The number of thiophene rings is 1. The maximum atomic E-state index is 4.20. The Morgan fingerprint density at radius 1 is 1.36 bits per heavy atom. The van der Waals surface area contributed by atoms with E-state index in [1.807, 2.05) is 11.6 Å². The molecular formula is C7H4BrNS2. The quantitative estimate of drug-likeness (QED) is 0.748. The standard InChI is InChI=1S/C7H4BrNS2/c8-6-3-5(4-11-6)7-9-1-2-10-7/h1-4H. The van der Waals surface area contributed by atoms with Gasteiger partial charge in [0.1, 0.15) is 5.01 Å². The fourth-order valence-corrected chi connectivity index (χ4v) is 2.63. The van der Waals surface area contributed by atoms with Crippen LogP contribution in [0, 0.1) is 0 Å². The van der Waals surface area contributed by atoms with Crippen LogP contribution in [-0.2, 0) is 0 Å². The lowest BCUT2D eigenvalue weighted by molar-refractivity contribution is 1.42. The van der Waals surface area contributed by atoms with E-state index >= 15 is 0 Å². The largest absolute Gasteiger partial charge is 0.245 e. The number of aromatic nitrogens is 1. The SMILES string of the molecule is Brc1cc(-c2nccs2)cs1. The molecule has 0 fully saturated rings. The predicted octanol–water partition coefficient (Wildman–Crippen LogP) is 3.63. The van der Waals surface area contributed by atoms with Crippen LogP contribution in [0.3, 0.4) is 0 Å². The van der Waals surface area contributed by atoms with Gasteiger partial charge in [-0.2, -0.15) is 0 Å². The molecule has 0 aromatic carbocycles. The molecule has 56 valence electrons. The zero-order valence-electron chi connectivity index (χ0n) is 5.45. The Labute approximate surface area is 80.9 Å². The van der Waals surface area contributed by atoms with E-state index in [4.69, 9.17) is 0 Å². The van der Waals surface area contributed by atoms with E-state index < -0.39 is 0 Å². The van der Waals surface area contributed by atoms with Crippen LogP contribution >= 0.6 is 38.6 Å². The summed E-state index contributed by atoms with van der Waals surface area (Å²) in [7, 11) is 0. The van der Waals surface area contributed by atoms with Crippen LogP contribution in [0.25, 0.3) is 10.6 Å². The van der Waals surface area contributed by atoms with Gasteiger partial charge in [-0.05, 0) is 22.0 Å². The van der Waals surface area contributed by atoms with E-state index in [0.29, 0.717) is 0 Å². The molecule has 0 bridgehead atoms. The molecule has 0 radical (unpaired) electrons. The van der Waals surface area contributed by atoms with Gasteiger partial charge in [0, 0.05) is 22.5 Å². The molecule has 0 saturated heterocycles. The molecule has 11 heavy (non-hydrogen) atoms. The van der Waals surface area contributed by atoms with Gasteiger partial charge in [0.15, 0.2) is 0 Å². The van der Waals surface area contributed by atoms with Crippen molar-refractivity contribution in [2.24, 2.45) is 0 Å². The molecule has 1 nitrogen and oxygen atoms in total. The Bertz CT molecular complexity index is 339. The summed E-state index contributed by atoms with van der Waals surface area (Å²) in [5.74, 6) is 0. The van der Waals surface area contributed by atoms with Crippen molar-refractivity contribution in [1.82, 2.24) is 4.98 Å². The predicted molar refractivity (Wildman–Crippen MR) is 53.1 cm³/mol. The molecule has 0 aliphatic carbocycles. The monoisotopic (exact) mass is 245 g/mol. The van der Waals surface area contributed by atoms with Crippen molar-refractivity contribution >= 4 is 38.6 Å². The lowest BCUT2D eigenvalue weighted by atomic mass is 10.4. The topological polar surface area (TPSA) is 12.9 Å². The minimum Gasteiger partial charge on any atom is -0.245 e. The Hall–Kier alpha value is -0.190. The molecule has 0 amide bonds. The highest BCUT2D eigenvalue weighted by Crippen LogP contribution is 2.29. The van der Waals surface area contributed by atoms with Crippen molar-refractivity contribution in [3.63, 3.8) is 0 Å². The summed E-state index contributed by atoms with van der Waals surface area (Å²) in [6.45, 7) is 0. The van der Waals surface area contributed by atoms with Gasteiger partial charge in [-0.3, -0.25) is 0 Å². The molecule has 0 N–H and O–H groups in total. The van der Waals surface area contributed by atoms with E-state index in [9.17, 15) is 0 Å². The first-order valence-electron chi connectivity index (χ1n) is 3.00. The van der Waals surface area contributed by atoms with Crippen molar-refractivity contribution in [3.8, 4) is 10.6 Å². The normalized spacial score (nSPS) is 10.3. The number of nitrogens with zero attached hydrogens (tertiary/aromatic N) is 1. The second-order valence-corrected chi connectivity index (χ2v) is 5.16. The van der Waals surface area contributed by atoms with E-state index in [0.717, 1.165) is 8.79 Å². The summed E-state index contributed by atoms with van der Waals surface area (Å²) < 4.78 is 1.16. The minimum atomic E-state index is 1.09. The second-order valence-electron chi connectivity index (χ2n) is 1.98. The molecule has 0 spiro atoms. The van der Waals surface area contributed by atoms with Gasteiger partial charge >= 0.3 is 0 Å². The van der Waals surface area contributed by atoms with Crippen LogP contribution in [0.1, 0.15) is 0 Å². The summed E-state index contributed by atoms with van der Waals surface area (Å²) in [6.07, 6.45) is 1.82. The number of hydrogen-bond acceptors (Lipinski definition) is 3. The van der Waals surface area contributed by atoms with Gasteiger partial charge in [-0.1, -0.05) is 0 Å². The Morgan fingerprint density at radius 3 is 2.82 bits per heavy atom. The van der Waals surface area contributed by atoms with Crippen molar-refractivity contribution < 1.29 is 0 Å². The van der Waals surface area contributed by atoms with E-state index in [2.05, 4.69) is 32.4 Å². The van der Waals surface area contributed by atoms with E-state index in [1.54, 1.807) is 22.7 Å². The third kappa shape index (κ3) is 1.52. The third-order valence-corrected chi connectivity index (χ3v) is 3.57. The average molecular weight is 246 g/mol. The van der Waals surface area contributed by atoms with Gasteiger partial charge < -0.3 is 0 Å². The molecule has 2 aromatic rings. The van der Waals surface area contributed by atoms with E-state index in [-0.39, 0.29) is 0 Å². The summed E-state index contributed by atoms with van der Waals surface area (Å²) in [6, 6.07) is 2.09. The first kappa shape index (κ1) is 7.46. The van der Waals surface area contributed by atoms with Gasteiger partial charge in [-0.15, -0.1) is 22.7 Å². The molecule has 2 aromatic heterocycles. The van der Waals surface area contributed by atoms with Crippen molar-refractivity contribution in [3.05, 3.63) is 26.8 Å². The van der Waals surface area contributed by atoms with Crippen LogP contribution in [-0.4, -0.2) is 4.98 Å². The smallest absolute Gasteiger partial charge is 0.124 e. The second kappa shape index (κ2) is 3.05. The molecule has 0 aliphatic rings. The van der Waals surface area contributed by atoms with Crippen molar-refractivity contribution in [2.45, 2.75) is 0 Å². The number of halogens is 1. The first-order chi connectivity index (χ1) is 5.36. The molecule has 0 unspecified atom stereocenters. The summed E-state index contributed by atoms with van der Waals surface area (Å²) >= 11 is 6.76. The van der Waals surface area contributed by atoms with Gasteiger partial charge in [-0.25, -0.2) is 4.98 Å².